The molecule has 0 radical (unpaired) electrons. The summed E-state index contributed by atoms with van der Waals surface area (Å²) in [5.74, 6) is 0.0345. The Hall–Kier alpha value is -3.15. The average molecular weight is 517 g/mol. The van der Waals surface area contributed by atoms with Crippen molar-refractivity contribution >= 4 is 50.0 Å². The van der Waals surface area contributed by atoms with Crippen molar-refractivity contribution in [1.29, 1.82) is 0 Å². The lowest BCUT2D eigenvalue weighted by molar-refractivity contribution is 0.460. The van der Waals surface area contributed by atoms with Crippen molar-refractivity contribution in [3.05, 3.63) is 145 Å². The van der Waals surface area contributed by atoms with Crippen molar-refractivity contribution in [3.8, 4) is 11.5 Å². The molecule has 0 bridgehead atoms. The largest absolute Gasteiger partial charge is 0.508 e. The fourth-order valence-electron chi connectivity index (χ4n) is 2.92. The first-order valence-corrected chi connectivity index (χ1v) is 13.4. The highest BCUT2D eigenvalue weighted by molar-refractivity contribution is 7.55. The van der Waals surface area contributed by atoms with Gasteiger partial charge < -0.3 is 10.2 Å². The molecule has 5 rings (SSSR count). The van der Waals surface area contributed by atoms with E-state index in [0.29, 0.717) is 0 Å². The molecule has 0 atom stereocenters. The minimum absolute atomic E-state index is 0.0190. The lowest BCUT2D eigenvalue weighted by Gasteiger charge is -2.00. The summed E-state index contributed by atoms with van der Waals surface area (Å²) in [5, 5.41) is 23.3. The quantitative estimate of drug-likeness (QED) is 0.215. The van der Waals surface area contributed by atoms with Gasteiger partial charge in [0.15, 0.2) is 0 Å². The highest BCUT2D eigenvalue weighted by atomic mass is 35.5. The van der Waals surface area contributed by atoms with Crippen LogP contribution in [0.5, 0.6) is 11.5 Å². The highest BCUT2D eigenvalue weighted by Gasteiger charge is 1.96. The first kappa shape index (κ1) is 26.5. The fourth-order valence-corrected chi connectivity index (χ4v) is 5.19. The average Bonchev–Trinajstić information content (AvgIpc) is 2.90. The number of benzene rings is 5. The number of hydrogen-bond donors (Lipinski definition) is 2. The Morgan fingerprint density at radius 3 is 1.00 bits per heavy atom. The van der Waals surface area contributed by atoms with Crippen LogP contribution in [0.15, 0.2) is 140 Å². The van der Waals surface area contributed by atoms with Crippen molar-refractivity contribution < 1.29 is 10.2 Å². The van der Waals surface area contributed by atoms with Crippen LogP contribution in [0, 0.1) is 0 Å². The lowest BCUT2D eigenvalue weighted by Crippen LogP contribution is -2.01. The Labute approximate surface area is 215 Å². The summed E-state index contributed by atoms with van der Waals surface area (Å²) in [6.45, 7) is 0. The summed E-state index contributed by atoms with van der Waals surface area (Å²) in [5.41, 5.74) is 0. The summed E-state index contributed by atoms with van der Waals surface area (Å²) in [6.07, 6.45) is 0. The predicted octanol–water partition coefficient (Wildman–Crippen LogP) is 6.38. The monoisotopic (exact) mass is 516 g/mol. The lowest BCUT2D eigenvalue weighted by atomic mass is 10.3. The normalized spacial score (nSPS) is 9.74. The van der Waals surface area contributed by atoms with Crippen molar-refractivity contribution in [2.45, 2.75) is 0 Å². The predicted molar refractivity (Wildman–Crippen MR) is 156 cm³/mol. The van der Waals surface area contributed by atoms with Gasteiger partial charge in [0, 0.05) is 6.07 Å². The molecule has 176 valence electrons. The Morgan fingerprint density at radius 1 is 0.429 bits per heavy atom. The summed E-state index contributed by atoms with van der Waals surface area (Å²) >= 11 is 5.40. The maximum Gasteiger partial charge on any atom is 0.134 e. The molecule has 5 heteroatoms. The van der Waals surface area contributed by atoms with Gasteiger partial charge in [-0.3, -0.25) is 0 Å². The van der Waals surface area contributed by atoms with Crippen molar-refractivity contribution in [3.63, 3.8) is 0 Å². The van der Waals surface area contributed by atoms with Crippen LogP contribution in [0.4, 0.5) is 0 Å². The van der Waals surface area contributed by atoms with E-state index in [1.807, 2.05) is 0 Å². The molecule has 0 aliphatic heterocycles. The van der Waals surface area contributed by atoms with E-state index in [1.165, 1.54) is 39.4 Å². The zero-order valence-electron chi connectivity index (χ0n) is 19.1. The minimum Gasteiger partial charge on any atom is -0.508 e. The van der Waals surface area contributed by atoms with E-state index in [1.54, 1.807) is 0 Å². The van der Waals surface area contributed by atoms with Crippen molar-refractivity contribution in [2.24, 2.45) is 0 Å². The number of aromatic hydroxyl groups is 2. The molecule has 2 nitrogen and oxygen atoms in total. The third-order valence-electron chi connectivity index (χ3n) is 4.60. The number of phenolic OH excluding ortho intramolecular Hbond substituents is 2. The number of rotatable bonds is 4. The Bertz CT molecular complexity index is 1100. The van der Waals surface area contributed by atoms with Gasteiger partial charge in [0.05, 0.1) is 5.02 Å². The number of phenols is 2. The van der Waals surface area contributed by atoms with Gasteiger partial charge in [0.1, 0.15) is 11.5 Å². The van der Waals surface area contributed by atoms with E-state index in [-0.39, 0.29) is 16.5 Å². The van der Waals surface area contributed by atoms with Gasteiger partial charge >= 0.3 is 0 Å². The maximum atomic E-state index is 8.80. The molecule has 0 aromatic heterocycles. The first-order chi connectivity index (χ1) is 17.1. The van der Waals surface area contributed by atoms with E-state index >= 15 is 0 Å². The van der Waals surface area contributed by atoms with Gasteiger partial charge in [-0.15, -0.1) is 0 Å². The van der Waals surface area contributed by atoms with E-state index in [9.17, 15) is 0 Å². The van der Waals surface area contributed by atoms with Crippen LogP contribution >= 0.6 is 28.8 Å². The molecule has 5 aromatic carbocycles. The maximum absolute atomic E-state index is 8.80. The second-order valence-corrected chi connectivity index (χ2v) is 10.6. The third-order valence-corrected chi connectivity index (χ3v) is 7.39. The molecule has 0 fully saturated rings. The minimum atomic E-state index is -0.0190. The van der Waals surface area contributed by atoms with Gasteiger partial charge in [0.2, 0.25) is 0 Å². The van der Waals surface area contributed by atoms with Gasteiger partial charge in [0.25, 0.3) is 0 Å². The van der Waals surface area contributed by atoms with Crippen molar-refractivity contribution in [1.82, 2.24) is 0 Å². The van der Waals surface area contributed by atoms with Gasteiger partial charge in [-0.2, -0.15) is 0 Å². The van der Waals surface area contributed by atoms with E-state index in [0.717, 1.165) is 17.2 Å². The zero-order valence-corrected chi connectivity index (χ0v) is 21.8. The second-order valence-electron chi connectivity index (χ2n) is 7.35. The molecule has 0 saturated carbocycles. The van der Waals surface area contributed by atoms with E-state index in [4.69, 9.17) is 21.8 Å². The SMILES string of the molecule is Oc1ccc(O)c(Cl)c1.c1ccc(Pc2ccccc2)cc1.c1ccc(Pc2ccccc2)cc1. The summed E-state index contributed by atoms with van der Waals surface area (Å²) < 4.78 is 0. The molecule has 0 aliphatic carbocycles. The standard InChI is InChI=1S/2C12H11P.C6H5ClO2/c2*1-3-7-11(8-4-1)13-12-9-5-2-6-10-12;7-5-3-4(8)1-2-6(5)9/h2*1-10,13H;1-3,8-9H. The van der Waals surface area contributed by atoms with Crippen LogP contribution in [0.25, 0.3) is 0 Å². The van der Waals surface area contributed by atoms with Crippen LogP contribution in [-0.2, 0) is 0 Å². The molecule has 0 aliphatic rings. The smallest absolute Gasteiger partial charge is 0.134 e. The molecule has 0 heterocycles. The second kappa shape index (κ2) is 15.0. The van der Waals surface area contributed by atoms with Gasteiger partial charge in [-0.25, -0.2) is 0 Å². The van der Waals surface area contributed by atoms with Gasteiger partial charge in [-0.05, 0) is 33.4 Å². The molecular formula is C30H27ClO2P2. The Morgan fingerprint density at radius 2 is 0.743 bits per heavy atom. The molecule has 35 heavy (non-hydrogen) atoms. The summed E-state index contributed by atoms with van der Waals surface area (Å²) in [7, 11) is 1.55. The van der Waals surface area contributed by atoms with E-state index in [2.05, 4.69) is 121 Å². The fraction of sp³-hybridized carbons (Fsp3) is 0. The van der Waals surface area contributed by atoms with Crippen LogP contribution in [0.3, 0.4) is 0 Å². The summed E-state index contributed by atoms with van der Waals surface area (Å²) in [4.78, 5) is 0. The Kier molecular flexibility index (Phi) is 11.3. The highest BCUT2D eigenvalue weighted by Crippen LogP contribution is 2.26. The van der Waals surface area contributed by atoms with Crippen LogP contribution in [0.1, 0.15) is 0 Å². The van der Waals surface area contributed by atoms with Crippen molar-refractivity contribution in [2.75, 3.05) is 0 Å². The number of halogens is 1. The Balaban J connectivity index is 0.000000150. The topological polar surface area (TPSA) is 40.5 Å². The zero-order chi connectivity index (χ0) is 24.7. The molecule has 5 aromatic rings. The summed E-state index contributed by atoms with van der Waals surface area (Å²) in [6, 6.07) is 46.3. The molecule has 0 amide bonds. The molecular weight excluding hydrogens is 490 g/mol. The van der Waals surface area contributed by atoms with Gasteiger partial charge in [-0.1, -0.05) is 150 Å². The van der Waals surface area contributed by atoms with Crippen LogP contribution < -0.4 is 21.2 Å². The van der Waals surface area contributed by atoms with Crippen LogP contribution in [-0.4, -0.2) is 10.2 Å². The molecule has 0 unspecified atom stereocenters. The molecule has 2 N–H and O–H groups in total. The van der Waals surface area contributed by atoms with E-state index < -0.39 is 0 Å². The molecule has 0 saturated heterocycles. The number of hydrogen-bond acceptors (Lipinski definition) is 2. The molecule has 0 spiro atoms. The third kappa shape index (κ3) is 10.3. The van der Waals surface area contributed by atoms with Crippen LogP contribution in [0.2, 0.25) is 5.02 Å². The first-order valence-electron chi connectivity index (χ1n) is 11.0.